The average molecular weight is 515 g/mol. The second kappa shape index (κ2) is 15.5. The Labute approximate surface area is 234 Å². The standard InChI is InChI=1S/C37H54O/c1-4-35(30(3)27-36-14-7-5-6-11-29(36)2)24-22-31-12-10-13-33(19-16-31)28-34-20-17-32(18-21-34)23-25-37-15-8-9-26-38-37/h5-7,9,13-14,16,19,26,31-32,34-35,37H,3-4,8,10-12,15,17-18,20-25,27-28H2,1-2H3. The second-order valence-electron chi connectivity index (χ2n) is 12.7. The molecule has 4 aliphatic rings. The van der Waals surface area contributed by atoms with Crippen LogP contribution in [0, 0.1) is 23.7 Å². The number of rotatable bonds is 12. The Morgan fingerprint density at radius 1 is 0.947 bits per heavy atom. The molecule has 0 N–H and O–H groups in total. The van der Waals surface area contributed by atoms with Crippen LogP contribution < -0.4 is 0 Å². The van der Waals surface area contributed by atoms with Crippen LogP contribution in [0.2, 0.25) is 0 Å². The Hall–Kier alpha value is -2.02. The first-order chi connectivity index (χ1) is 18.6. The van der Waals surface area contributed by atoms with Crippen LogP contribution in [0.25, 0.3) is 0 Å². The Morgan fingerprint density at radius 2 is 1.79 bits per heavy atom. The summed E-state index contributed by atoms with van der Waals surface area (Å²) in [5.74, 6) is 3.19. The summed E-state index contributed by atoms with van der Waals surface area (Å²) < 4.78 is 5.79. The number of ether oxygens (including phenoxy) is 1. The van der Waals surface area contributed by atoms with Crippen molar-refractivity contribution in [1.82, 2.24) is 0 Å². The predicted molar refractivity (Wildman–Crippen MR) is 165 cm³/mol. The van der Waals surface area contributed by atoms with Gasteiger partial charge in [-0.05, 0) is 132 Å². The summed E-state index contributed by atoms with van der Waals surface area (Å²) in [6.07, 6.45) is 41.6. The first-order valence-electron chi connectivity index (χ1n) is 16.0. The van der Waals surface area contributed by atoms with Crippen molar-refractivity contribution in [1.29, 1.82) is 0 Å². The highest BCUT2D eigenvalue weighted by Crippen LogP contribution is 2.37. The van der Waals surface area contributed by atoms with Crippen molar-refractivity contribution in [2.24, 2.45) is 23.7 Å². The normalized spacial score (nSPS) is 28.4. The van der Waals surface area contributed by atoms with Gasteiger partial charge in [0.1, 0.15) is 0 Å². The van der Waals surface area contributed by atoms with Crippen LogP contribution in [-0.4, -0.2) is 6.10 Å². The molecule has 1 saturated carbocycles. The van der Waals surface area contributed by atoms with Crippen LogP contribution in [0.15, 0.2) is 83.7 Å². The van der Waals surface area contributed by atoms with Gasteiger partial charge >= 0.3 is 0 Å². The van der Waals surface area contributed by atoms with Gasteiger partial charge in [-0.15, -0.1) is 0 Å². The monoisotopic (exact) mass is 514 g/mol. The molecule has 0 aromatic rings. The molecule has 0 bridgehead atoms. The molecule has 208 valence electrons. The van der Waals surface area contributed by atoms with Crippen molar-refractivity contribution in [3.8, 4) is 0 Å². The molecule has 1 fully saturated rings. The highest BCUT2D eigenvalue weighted by Gasteiger charge is 2.23. The molecule has 1 nitrogen and oxygen atoms in total. The summed E-state index contributed by atoms with van der Waals surface area (Å²) in [6, 6.07) is 0. The van der Waals surface area contributed by atoms with Gasteiger partial charge in [0.05, 0.1) is 12.4 Å². The second-order valence-corrected chi connectivity index (χ2v) is 12.7. The van der Waals surface area contributed by atoms with E-state index in [1.165, 1.54) is 107 Å². The van der Waals surface area contributed by atoms with Gasteiger partial charge in [-0.2, -0.15) is 0 Å². The molecular formula is C37H54O. The van der Waals surface area contributed by atoms with Gasteiger partial charge in [0.25, 0.3) is 0 Å². The highest BCUT2D eigenvalue weighted by molar-refractivity contribution is 5.35. The number of hydrogen-bond acceptors (Lipinski definition) is 1. The summed E-state index contributed by atoms with van der Waals surface area (Å²) in [6.45, 7) is 9.19. The van der Waals surface area contributed by atoms with Gasteiger partial charge in [0.2, 0.25) is 0 Å². The number of hydrogen-bond donors (Lipinski definition) is 0. The van der Waals surface area contributed by atoms with Crippen LogP contribution in [0.3, 0.4) is 0 Å². The third-order valence-corrected chi connectivity index (χ3v) is 9.83. The summed E-state index contributed by atoms with van der Waals surface area (Å²) in [5, 5.41) is 0. The average Bonchev–Trinajstić information content (AvgIpc) is 3.29. The fourth-order valence-corrected chi connectivity index (χ4v) is 7.05. The predicted octanol–water partition coefficient (Wildman–Crippen LogP) is 11.1. The van der Waals surface area contributed by atoms with Gasteiger partial charge in [-0.1, -0.05) is 85.6 Å². The maximum absolute atomic E-state index is 5.79. The minimum absolute atomic E-state index is 0.482. The molecule has 0 saturated heterocycles. The lowest BCUT2D eigenvalue weighted by molar-refractivity contribution is 0.104. The lowest BCUT2D eigenvalue weighted by Gasteiger charge is -2.30. The van der Waals surface area contributed by atoms with Crippen molar-refractivity contribution < 1.29 is 4.74 Å². The van der Waals surface area contributed by atoms with E-state index in [0.29, 0.717) is 12.0 Å². The van der Waals surface area contributed by atoms with E-state index in [-0.39, 0.29) is 0 Å². The largest absolute Gasteiger partial charge is 0.498 e. The SMILES string of the molecule is C=C(CC1=C(C)CC=CC=C1)C(CC)CCC1C=CC(CC2CCC(CCC3CCC=CO3)CC2)=CCC1. The van der Waals surface area contributed by atoms with Gasteiger partial charge in [-0.25, -0.2) is 0 Å². The van der Waals surface area contributed by atoms with E-state index in [4.69, 9.17) is 4.74 Å². The first-order valence-corrected chi connectivity index (χ1v) is 16.0. The van der Waals surface area contributed by atoms with E-state index >= 15 is 0 Å². The molecule has 1 heterocycles. The molecule has 0 spiro atoms. The van der Waals surface area contributed by atoms with Gasteiger partial charge < -0.3 is 4.74 Å². The fourth-order valence-electron chi connectivity index (χ4n) is 7.05. The van der Waals surface area contributed by atoms with Crippen molar-refractivity contribution in [2.45, 2.75) is 123 Å². The van der Waals surface area contributed by atoms with E-state index in [1.54, 1.807) is 5.57 Å². The Bertz CT molecular complexity index is 930. The quantitative estimate of drug-likeness (QED) is 0.235. The molecule has 0 radical (unpaired) electrons. The Balaban J connectivity index is 1.16. The smallest absolute Gasteiger partial charge is 0.0981 e. The topological polar surface area (TPSA) is 9.23 Å². The molecule has 3 atom stereocenters. The van der Waals surface area contributed by atoms with Gasteiger partial charge in [0, 0.05) is 0 Å². The number of allylic oxidation sites excluding steroid dienone is 12. The summed E-state index contributed by atoms with van der Waals surface area (Å²) in [5.41, 5.74) is 6.03. The molecule has 38 heavy (non-hydrogen) atoms. The van der Waals surface area contributed by atoms with Crippen molar-refractivity contribution >= 4 is 0 Å². The maximum atomic E-state index is 5.79. The van der Waals surface area contributed by atoms with Gasteiger partial charge in [0.15, 0.2) is 0 Å². The lowest BCUT2D eigenvalue weighted by Crippen LogP contribution is -2.18. The minimum atomic E-state index is 0.482. The Kier molecular flexibility index (Phi) is 11.8. The van der Waals surface area contributed by atoms with Crippen LogP contribution >= 0.6 is 0 Å². The van der Waals surface area contributed by atoms with E-state index in [2.05, 4.69) is 69.0 Å². The third kappa shape index (κ3) is 9.32. The minimum Gasteiger partial charge on any atom is -0.498 e. The Morgan fingerprint density at radius 3 is 2.58 bits per heavy atom. The van der Waals surface area contributed by atoms with Crippen molar-refractivity contribution in [3.63, 3.8) is 0 Å². The summed E-state index contributed by atoms with van der Waals surface area (Å²) >= 11 is 0. The van der Waals surface area contributed by atoms with Crippen LogP contribution in [0.5, 0.6) is 0 Å². The van der Waals surface area contributed by atoms with E-state index in [9.17, 15) is 0 Å². The summed E-state index contributed by atoms with van der Waals surface area (Å²) in [4.78, 5) is 0. The van der Waals surface area contributed by atoms with Crippen molar-refractivity contribution in [2.75, 3.05) is 0 Å². The molecule has 0 amide bonds. The third-order valence-electron chi connectivity index (χ3n) is 9.83. The molecular weight excluding hydrogens is 460 g/mol. The zero-order chi connectivity index (χ0) is 26.6. The van der Waals surface area contributed by atoms with Crippen molar-refractivity contribution in [3.05, 3.63) is 83.7 Å². The molecule has 3 aliphatic carbocycles. The molecule has 4 rings (SSSR count). The molecule has 3 unspecified atom stereocenters. The van der Waals surface area contributed by atoms with Crippen LogP contribution in [-0.2, 0) is 4.74 Å². The maximum Gasteiger partial charge on any atom is 0.0981 e. The van der Waals surface area contributed by atoms with Crippen LogP contribution in [0.4, 0.5) is 0 Å². The zero-order valence-electron chi connectivity index (χ0n) is 24.5. The van der Waals surface area contributed by atoms with Gasteiger partial charge in [-0.3, -0.25) is 0 Å². The van der Waals surface area contributed by atoms with E-state index in [0.717, 1.165) is 30.6 Å². The highest BCUT2D eigenvalue weighted by atomic mass is 16.5. The molecule has 1 heteroatoms. The molecule has 0 aromatic carbocycles. The lowest BCUT2D eigenvalue weighted by atomic mass is 9.77. The van der Waals surface area contributed by atoms with E-state index < -0.39 is 0 Å². The first kappa shape index (κ1) is 29.0. The van der Waals surface area contributed by atoms with E-state index in [1.807, 2.05) is 6.26 Å². The molecule has 1 aliphatic heterocycles. The van der Waals surface area contributed by atoms with Crippen LogP contribution in [0.1, 0.15) is 117 Å². The fraction of sp³-hybridized carbons (Fsp3) is 0.622. The molecule has 0 aromatic heterocycles. The zero-order valence-corrected chi connectivity index (χ0v) is 24.5. The summed E-state index contributed by atoms with van der Waals surface area (Å²) in [7, 11) is 0.